The van der Waals surface area contributed by atoms with Gasteiger partial charge in [0.15, 0.2) is 0 Å². The van der Waals surface area contributed by atoms with Crippen LogP contribution in [0.5, 0.6) is 0 Å². The molecule has 0 amide bonds. The van der Waals surface area contributed by atoms with Crippen LogP contribution in [0.25, 0.3) is 0 Å². The lowest BCUT2D eigenvalue weighted by atomic mass is 10.2. The van der Waals surface area contributed by atoms with Gasteiger partial charge in [-0.2, -0.15) is 0 Å². The molecule has 0 aliphatic rings. The Labute approximate surface area is 108 Å². The van der Waals surface area contributed by atoms with Crippen LogP contribution in [0.1, 0.15) is 29.6 Å². The zero-order valence-corrected chi connectivity index (χ0v) is 11.3. The van der Waals surface area contributed by atoms with Crippen LogP contribution >= 0.6 is 0 Å². The van der Waals surface area contributed by atoms with Gasteiger partial charge >= 0.3 is 0 Å². The van der Waals surface area contributed by atoms with Crippen molar-refractivity contribution in [3.05, 3.63) is 47.3 Å². The average Bonchev–Trinajstić information content (AvgIpc) is 2.70. The minimum absolute atomic E-state index is 0.786. The fraction of sp³-hybridized carbons (Fsp3) is 0.429. The van der Waals surface area contributed by atoms with E-state index in [1.165, 1.54) is 11.3 Å². The molecule has 0 saturated carbocycles. The summed E-state index contributed by atoms with van der Waals surface area (Å²) in [6, 6.07) is 4.21. The third kappa shape index (κ3) is 2.96. The minimum Gasteiger partial charge on any atom is -0.329 e. The van der Waals surface area contributed by atoms with E-state index in [1.54, 1.807) is 0 Å². The van der Waals surface area contributed by atoms with Crippen molar-refractivity contribution >= 4 is 0 Å². The van der Waals surface area contributed by atoms with Crippen molar-refractivity contribution in [3.8, 4) is 0 Å². The number of hydrogen-bond donors (Lipinski definition) is 1. The molecular weight excluding hydrogens is 224 g/mol. The fourth-order valence-electron chi connectivity index (χ4n) is 1.80. The summed E-state index contributed by atoms with van der Waals surface area (Å²) in [4.78, 5) is 8.78. The van der Waals surface area contributed by atoms with Crippen molar-refractivity contribution < 1.29 is 0 Å². The number of nitrogens with zero attached hydrogens (tertiary/aromatic N) is 3. The molecule has 0 aliphatic carbocycles. The van der Waals surface area contributed by atoms with Gasteiger partial charge in [0, 0.05) is 18.4 Å². The predicted molar refractivity (Wildman–Crippen MR) is 72.4 cm³/mol. The average molecular weight is 244 g/mol. The number of aromatic nitrogens is 3. The second-order valence-electron chi connectivity index (χ2n) is 4.48. The largest absolute Gasteiger partial charge is 0.329 e. The lowest BCUT2D eigenvalue weighted by Crippen LogP contribution is -2.12. The van der Waals surface area contributed by atoms with Gasteiger partial charge in [0.05, 0.1) is 24.3 Å². The molecule has 2 rings (SSSR count). The first-order valence-corrected chi connectivity index (χ1v) is 6.33. The molecule has 4 nitrogen and oxygen atoms in total. The summed E-state index contributed by atoms with van der Waals surface area (Å²) in [6.07, 6.45) is 3.82. The molecule has 0 fully saturated rings. The Hall–Kier alpha value is -1.68. The first kappa shape index (κ1) is 12.8. The third-order valence-electron chi connectivity index (χ3n) is 3.14. The molecular formula is C14H20N4. The highest BCUT2D eigenvalue weighted by molar-refractivity contribution is 5.16. The highest BCUT2D eigenvalue weighted by Gasteiger charge is 2.03. The van der Waals surface area contributed by atoms with Crippen molar-refractivity contribution in [3.63, 3.8) is 0 Å². The molecule has 0 radical (unpaired) electrons. The van der Waals surface area contributed by atoms with E-state index >= 15 is 0 Å². The highest BCUT2D eigenvalue weighted by Crippen LogP contribution is 2.08. The molecule has 2 aromatic heterocycles. The predicted octanol–water partition coefficient (Wildman–Crippen LogP) is 2.05. The molecule has 18 heavy (non-hydrogen) atoms. The van der Waals surface area contributed by atoms with Crippen molar-refractivity contribution in [1.29, 1.82) is 0 Å². The first-order chi connectivity index (χ1) is 8.70. The van der Waals surface area contributed by atoms with Crippen LogP contribution in [0.2, 0.25) is 0 Å². The van der Waals surface area contributed by atoms with E-state index in [2.05, 4.69) is 45.8 Å². The fourth-order valence-corrected chi connectivity index (χ4v) is 1.80. The van der Waals surface area contributed by atoms with Crippen LogP contribution in [0.15, 0.2) is 24.7 Å². The van der Waals surface area contributed by atoms with Gasteiger partial charge in [0.25, 0.3) is 0 Å². The molecule has 4 heteroatoms. The van der Waals surface area contributed by atoms with Crippen LogP contribution in [0.4, 0.5) is 0 Å². The molecule has 0 unspecified atom stereocenters. The molecule has 1 N–H and O–H groups in total. The van der Waals surface area contributed by atoms with Gasteiger partial charge in [-0.25, -0.2) is 4.98 Å². The summed E-state index contributed by atoms with van der Waals surface area (Å²) in [6.45, 7) is 8.86. The molecule has 2 aromatic rings. The number of pyridine rings is 1. The van der Waals surface area contributed by atoms with Crippen LogP contribution in [-0.2, 0) is 13.1 Å². The van der Waals surface area contributed by atoms with E-state index in [0.717, 1.165) is 31.0 Å². The topological polar surface area (TPSA) is 42.7 Å². The molecule has 0 bridgehead atoms. The van der Waals surface area contributed by atoms with E-state index in [9.17, 15) is 0 Å². The van der Waals surface area contributed by atoms with Crippen LogP contribution in [0.3, 0.4) is 0 Å². The number of aryl methyl sites for hydroxylation is 1. The number of hydrogen-bond acceptors (Lipinski definition) is 3. The van der Waals surface area contributed by atoms with Gasteiger partial charge in [-0.1, -0.05) is 13.0 Å². The van der Waals surface area contributed by atoms with Gasteiger partial charge in [0.1, 0.15) is 0 Å². The van der Waals surface area contributed by atoms with E-state index in [0.29, 0.717) is 0 Å². The smallest absolute Gasteiger partial charge is 0.0955 e. The van der Waals surface area contributed by atoms with Crippen molar-refractivity contribution in [2.45, 2.75) is 33.9 Å². The van der Waals surface area contributed by atoms with Gasteiger partial charge in [-0.3, -0.25) is 4.98 Å². The Morgan fingerprint density at radius 1 is 1.22 bits per heavy atom. The second kappa shape index (κ2) is 5.78. The van der Waals surface area contributed by atoms with Gasteiger partial charge in [0.2, 0.25) is 0 Å². The lowest BCUT2D eigenvalue weighted by Gasteiger charge is -2.06. The quantitative estimate of drug-likeness (QED) is 0.875. The van der Waals surface area contributed by atoms with E-state index in [-0.39, 0.29) is 0 Å². The molecule has 2 heterocycles. The van der Waals surface area contributed by atoms with Crippen LogP contribution < -0.4 is 5.32 Å². The van der Waals surface area contributed by atoms with E-state index in [4.69, 9.17) is 0 Å². The monoisotopic (exact) mass is 244 g/mol. The maximum Gasteiger partial charge on any atom is 0.0955 e. The summed E-state index contributed by atoms with van der Waals surface area (Å²) < 4.78 is 2.13. The third-order valence-corrected chi connectivity index (χ3v) is 3.14. The number of rotatable bonds is 5. The second-order valence-corrected chi connectivity index (χ2v) is 4.48. The molecule has 0 atom stereocenters. The summed E-state index contributed by atoms with van der Waals surface area (Å²) in [7, 11) is 0. The SMILES string of the molecule is CCNCc1ccc(Cn2cnc(C)c2C)nc1. The summed E-state index contributed by atoms with van der Waals surface area (Å²) in [5.41, 5.74) is 4.57. The highest BCUT2D eigenvalue weighted by atomic mass is 15.1. The van der Waals surface area contributed by atoms with Crippen LogP contribution in [-0.4, -0.2) is 21.1 Å². The van der Waals surface area contributed by atoms with E-state index in [1.807, 2.05) is 19.4 Å². The Bertz CT molecular complexity index is 499. The zero-order chi connectivity index (χ0) is 13.0. The lowest BCUT2D eigenvalue weighted by molar-refractivity contribution is 0.716. The number of nitrogens with one attached hydrogen (secondary N) is 1. The number of imidazole rings is 1. The Balaban J connectivity index is 2.04. The maximum absolute atomic E-state index is 4.49. The van der Waals surface area contributed by atoms with Gasteiger partial charge in [-0.05, 0) is 32.0 Å². The zero-order valence-electron chi connectivity index (χ0n) is 11.3. The van der Waals surface area contributed by atoms with Gasteiger partial charge in [-0.15, -0.1) is 0 Å². The van der Waals surface area contributed by atoms with Crippen molar-refractivity contribution in [2.75, 3.05) is 6.54 Å². The Kier molecular flexibility index (Phi) is 4.10. The molecule has 96 valence electrons. The molecule has 0 saturated heterocycles. The van der Waals surface area contributed by atoms with Crippen molar-refractivity contribution in [1.82, 2.24) is 19.9 Å². The van der Waals surface area contributed by atoms with Crippen molar-refractivity contribution in [2.24, 2.45) is 0 Å². The maximum atomic E-state index is 4.49. The molecule has 0 aliphatic heterocycles. The first-order valence-electron chi connectivity index (χ1n) is 6.33. The van der Waals surface area contributed by atoms with Gasteiger partial charge < -0.3 is 9.88 Å². The Morgan fingerprint density at radius 3 is 2.61 bits per heavy atom. The molecule has 0 aromatic carbocycles. The normalized spacial score (nSPS) is 10.8. The standard InChI is InChI=1S/C14H20N4/c1-4-15-7-13-5-6-14(16-8-13)9-18-10-17-11(2)12(18)3/h5-6,8,10,15H,4,7,9H2,1-3H3. The summed E-state index contributed by atoms with van der Waals surface area (Å²) in [5, 5.41) is 3.29. The van der Waals surface area contributed by atoms with E-state index < -0.39 is 0 Å². The minimum atomic E-state index is 0.786. The molecule has 0 spiro atoms. The Morgan fingerprint density at radius 2 is 2.06 bits per heavy atom. The van der Waals surface area contributed by atoms with Crippen LogP contribution in [0, 0.1) is 13.8 Å². The summed E-state index contributed by atoms with van der Waals surface area (Å²) in [5.74, 6) is 0. The summed E-state index contributed by atoms with van der Waals surface area (Å²) >= 11 is 0.